The van der Waals surface area contributed by atoms with Crippen molar-refractivity contribution >= 4 is 17.7 Å². The highest BCUT2D eigenvalue weighted by molar-refractivity contribution is 5.91. The van der Waals surface area contributed by atoms with Gasteiger partial charge in [0.25, 0.3) is 0 Å². The SMILES string of the molecule is Cc1cc(-n2c(C)cc(/C=C/C(=O)N(C)Cc3ccc(N4CCOCC4)cc3)c2C)no1. The number of rotatable bonds is 6. The molecule has 32 heavy (non-hydrogen) atoms. The number of carbonyl (C=O) groups is 1. The second-order valence-electron chi connectivity index (χ2n) is 8.25. The van der Waals surface area contributed by atoms with Gasteiger partial charge in [0.1, 0.15) is 5.76 Å². The summed E-state index contributed by atoms with van der Waals surface area (Å²) in [6.45, 7) is 9.83. The van der Waals surface area contributed by atoms with Crippen LogP contribution in [0.3, 0.4) is 0 Å². The molecule has 7 heteroatoms. The van der Waals surface area contributed by atoms with E-state index in [-0.39, 0.29) is 5.91 Å². The fourth-order valence-electron chi connectivity index (χ4n) is 4.04. The van der Waals surface area contributed by atoms with Crippen LogP contribution in [0.4, 0.5) is 5.69 Å². The van der Waals surface area contributed by atoms with Gasteiger partial charge in [0, 0.05) is 55.9 Å². The zero-order valence-electron chi connectivity index (χ0n) is 19.2. The van der Waals surface area contributed by atoms with Gasteiger partial charge in [-0.05, 0) is 56.2 Å². The molecular weight excluding hydrogens is 404 g/mol. The summed E-state index contributed by atoms with van der Waals surface area (Å²) >= 11 is 0. The normalized spacial score (nSPS) is 14.3. The molecule has 0 aliphatic carbocycles. The molecule has 0 spiro atoms. The molecule has 2 aromatic heterocycles. The molecule has 0 N–H and O–H groups in total. The summed E-state index contributed by atoms with van der Waals surface area (Å²) in [5, 5.41) is 4.11. The first-order chi connectivity index (χ1) is 15.4. The molecule has 1 amide bonds. The number of hydrogen-bond acceptors (Lipinski definition) is 5. The van der Waals surface area contributed by atoms with Crippen LogP contribution in [0, 0.1) is 20.8 Å². The van der Waals surface area contributed by atoms with Gasteiger partial charge in [-0.2, -0.15) is 0 Å². The van der Waals surface area contributed by atoms with Crippen LogP contribution in [0.1, 0.15) is 28.3 Å². The van der Waals surface area contributed by atoms with E-state index in [9.17, 15) is 4.79 Å². The maximum Gasteiger partial charge on any atom is 0.246 e. The van der Waals surface area contributed by atoms with Crippen LogP contribution >= 0.6 is 0 Å². The third kappa shape index (κ3) is 4.78. The molecule has 3 heterocycles. The minimum Gasteiger partial charge on any atom is -0.378 e. The van der Waals surface area contributed by atoms with Gasteiger partial charge < -0.3 is 19.1 Å². The van der Waals surface area contributed by atoms with Crippen molar-refractivity contribution in [2.45, 2.75) is 27.3 Å². The number of hydrogen-bond donors (Lipinski definition) is 0. The predicted octanol–water partition coefficient (Wildman–Crippen LogP) is 3.90. The Bertz CT molecular complexity index is 1100. The molecular formula is C25H30N4O3. The third-order valence-electron chi connectivity index (χ3n) is 5.83. The standard InChI is InChI=1S/C25H30N4O3/c1-18-15-22(20(3)29(18)24-16-19(2)32-26-24)7-10-25(30)27(4)17-21-5-8-23(9-6-21)28-11-13-31-14-12-28/h5-10,15-16H,11-14,17H2,1-4H3/b10-7+. The fourth-order valence-corrected chi connectivity index (χ4v) is 4.04. The Balaban J connectivity index is 1.39. The molecule has 1 aliphatic heterocycles. The minimum atomic E-state index is -0.0376. The summed E-state index contributed by atoms with van der Waals surface area (Å²) in [6, 6.07) is 12.4. The largest absolute Gasteiger partial charge is 0.378 e. The summed E-state index contributed by atoms with van der Waals surface area (Å²) in [6.07, 6.45) is 3.49. The van der Waals surface area contributed by atoms with Crippen LogP contribution in [-0.4, -0.2) is 53.9 Å². The molecule has 1 aliphatic rings. The minimum absolute atomic E-state index is 0.0376. The second-order valence-corrected chi connectivity index (χ2v) is 8.25. The van der Waals surface area contributed by atoms with E-state index in [0.29, 0.717) is 6.54 Å². The highest BCUT2D eigenvalue weighted by Gasteiger charge is 2.14. The quantitative estimate of drug-likeness (QED) is 0.551. The topological polar surface area (TPSA) is 63.7 Å². The highest BCUT2D eigenvalue weighted by atomic mass is 16.5. The number of nitrogens with zero attached hydrogens (tertiary/aromatic N) is 4. The first-order valence-corrected chi connectivity index (χ1v) is 10.9. The number of aromatic nitrogens is 2. The van der Waals surface area contributed by atoms with E-state index in [0.717, 1.165) is 60.4 Å². The lowest BCUT2D eigenvalue weighted by atomic mass is 10.1. The van der Waals surface area contributed by atoms with Crippen molar-refractivity contribution < 1.29 is 14.1 Å². The molecule has 0 radical (unpaired) electrons. The van der Waals surface area contributed by atoms with Gasteiger partial charge in [-0.1, -0.05) is 17.3 Å². The van der Waals surface area contributed by atoms with E-state index < -0.39 is 0 Å². The number of morpholine rings is 1. The Hall–Kier alpha value is -3.32. The molecule has 4 rings (SSSR count). The molecule has 3 aromatic rings. The Labute approximate surface area is 188 Å². The lowest BCUT2D eigenvalue weighted by Gasteiger charge is -2.29. The maximum absolute atomic E-state index is 12.7. The van der Waals surface area contributed by atoms with Gasteiger partial charge in [-0.25, -0.2) is 0 Å². The van der Waals surface area contributed by atoms with Crippen LogP contribution in [0.5, 0.6) is 0 Å². The molecule has 168 valence electrons. The van der Waals surface area contributed by atoms with E-state index in [1.54, 1.807) is 11.0 Å². The van der Waals surface area contributed by atoms with Crippen molar-refractivity contribution in [2.24, 2.45) is 0 Å². The molecule has 0 saturated carbocycles. The highest BCUT2D eigenvalue weighted by Crippen LogP contribution is 2.22. The summed E-state index contributed by atoms with van der Waals surface area (Å²) in [5.41, 5.74) is 5.34. The number of aryl methyl sites for hydroxylation is 2. The van der Waals surface area contributed by atoms with Gasteiger partial charge in [0.15, 0.2) is 5.82 Å². The van der Waals surface area contributed by atoms with Gasteiger partial charge in [-0.15, -0.1) is 0 Å². The zero-order valence-corrected chi connectivity index (χ0v) is 19.2. The molecule has 1 aromatic carbocycles. The van der Waals surface area contributed by atoms with Crippen LogP contribution in [0.15, 0.2) is 47.0 Å². The van der Waals surface area contributed by atoms with Gasteiger partial charge in [0.05, 0.1) is 13.2 Å². The Kier molecular flexibility index (Phi) is 6.46. The molecule has 1 fully saturated rings. The average molecular weight is 435 g/mol. The number of ether oxygens (including phenoxy) is 1. The lowest BCUT2D eigenvalue weighted by molar-refractivity contribution is -0.125. The van der Waals surface area contributed by atoms with Crippen molar-refractivity contribution in [1.82, 2.24) is 14.6 Å². The number of likely N-dealkylation sites (N-methyl/N-ethyl adjacent to an activating group) is 1. The van der Waals surface area contributed by atoms with Gasteiger partial charge in [0.2, 0.25) is 5.91 Å². The lowest BCUT2D eigenvalue weighted by Crippen LogP contribution is -2.36. The molecule has 7 nitrogen and oxygen atoms in total. The van der Waals surface area contributed by atoms with E-state index in [2.05, 4.69) is 34.3 Å². The third-order valence-corrected chi connectivity index (χ3v) is 5.83. The first kappa shape index (κ1) is 21.9. The summed E-state index contributed by atoms with van der Waals surface area (Å²) < 4.78 is 12.7. The van der Waals surface area contributed by atoms with Crippen molar-refractivity contribution in [2.75, 3.05) is 38.3 Å². The summed E-state index contributed by atoms with van der Waals surface area (Å²) in [7, 11) is 1.82. The fraction of sp³-hybridized carbons (Fsp3) is 0.360. The van der Waals surface area contributed by atoms with Crippen LogP contribution in [0.25, 0.3) is 11.9 Å². The second kappa shape index (κ2) is 9.44. The van der Waals surface area contributed by atoms with Crippen molar-refractivity contribution in [3.63, 3.8) is 0 Å². The van der Waals surface area contributed by atoms with E-state index in [4.69, 9.17) is 9.26 Å². The number of benzene rings is 1. The number of amides is 1. The average Bonchev–Trinajstić information content (AvgIpc) is 3.34. The van der Waals surface area contributed by atoms with Crippen molar-refractivity contribution in [1.29, 1.82) is 0 Å². The van der Waals surface area contributed by atoms with Crippen LogP contribution in [0.2, 0.25) is 0 Å². The van der Waals surface area contributed by atoms with E-state index in [1.807, 2.05) is 50.6 Å². The predicted molar refractivity (Wildman–Crippen MR) is 125 cm³/mol. The molecule has 0 bridgehead atoms. The zero-order chi connectivity index (χ0) is 22.7. The number of anilines is 1. The molecule has 0 unspecified atom stereocenters. The van der Waals surface area contributed by atoms with Crippen LogP contribution in [-0.2, 0) is 16.1 Å². The summed E-state index contributed by atoms with van der Waals surface area (Å²) in [5.74, 6) is 1.48. The monoisotopic (exact) mass is 434 g/mol. The van der Waals surface area contributed by atoms with Crippen molar-refractivity contribution in [3.8, 4) is 5.82 Å². The Morgan fingerprint density at radius 2 is 1.84 bits per heavy atom. The smallest absolute Gasteiger partial charge is 0.246 e. The van der Waals surface area contributed by atoms with E-state index in [1.165, 1.54) is 5.69 Å². The van der Waals surface area contributed by atoms with Gasteiger partial charge >= 0.3 is 0 Å². The van der Waals surface area contributed by atoms with Gasteiger partial charge in [-0.3, -0.25) is 9.36 Å². The molecule has 0 atom stereocenters. The Morgan fingerprint density at radius 1 is 1.12 bits per heavy atom. The molecule has 1 saturated heterocycles. The van der Waals surface area contributed by atoms with E-state index >= 15 is 0 Å². The first-order valence-electron chi connectivity index (χ1n) is 10.9. The maximum atomic E-state index is 12.7. The Morgan fingerprint density at radius 3 is 2.50 bits per heavy atom. The van der Waals surface area contributed by atoms with Crippen molar-refractivity contribution in [3.05, 3.63) is 70.7 Å². The number of carbonyl (C=O) groups excluding carboxylic acids is 1. The summed E-state index contributed by atoms with van der Waals surface area (Å²) in [4.78, 5) is 16.7. The van der Waals surface area contributed by atoms with Crippen LogP contribution < -0.4 is 4.90 Å².